The number of anilines is 2. The predicted octanol–water partition coefficient (Wildman–Crippen LogP) is 2.66. The fraction of sp³-hybridized carbons (Fsp3) is 0.214. The minimum absolute atomic E-state index is 0.559. The van der Waals surface area contributed by atoms with Crippen LogP contribution in [0.1, 0.15) is 12.6 Å². The van der Waals surface area contributed by atoms with E-state index >= 15 is 0 Å². The van der Waals surface area contributed by atoms with Crippen LogP contribution in [0.2, 0.25) is 0 Å². The van der Waals surface area contributed by atoms with Crippen LogP contribution in [0.15, 0.2) is 41.1 Å². The molecule has 0 radical (unpaired) electrons. The fourth-order valence-corrected chi connectivity index (χ4v) is 1.95. The molecule has 1 aromatic carbocycles. The summed E-state index contributed by atoms with van der Waals surface area (Å²) in [5.41, 5.74) is 1.73. The molecule has 0 unspecified atom stereocenters. The third kappa shape index (κ3) is 2.54. The van der Waals surface area contributed by atoms with Gasteiger partial charge in [0.15, 0.2) is 0 Å². The summed E-state index contributed by atoms with van der Waals surface area (Å²) in [6.45, 7) is 3.35. The highest BCUT2D eigenvalue weighted by molar-refractivity contribution is 5.89. The highest BCUT2D eigenvalue weighted by Crippen LogP contribution is 2.22. The third-order valence-electron chi connectivity index (χ3n) is 2.87. The molecule has 0 amide bonds. The third-order valence-corrected chi connectivity index (χ3v) is 2.87. The lowest BCUT2D eigenvalue weighted by molar-refractivity contribution is 0.412. The Morgan fingerprint density at radius 1 is 1.10 bits per heavy atom. The van der Waals surface area contributed by atoms with Gasteiger partial charge in [0, 0.05) is 18.0 Å². The number of rotatable bonds is 5. The van der Waals surface area contributed by atoms with Crippen molar-refractivity contribution >= 4 is 22.7 Å². The number of aromatic nitrogens is 3. The zero-order valence-electron chi connectivity index (χ0n) is 11.1. The topological polar surface area (TPSA) is 75.9 Å². The maximum Gasteiger partial charge on any atom is 0.225 e. The van der Waals surface area contributed by atoms with E-state index in [0.29, 0.717) is 12.5 Å². The molecule has 102 valence electrons. The van der Waals surface area contributed by atoms with Crippen molar-refractivity contribution in [2.45, 2.75) is 13.5 Å². The van der Waals surface area contributed by atoms with E-state index < -0.39 is 0 Å². The summed E-state index contributed by atoms with van der Waals surface area (Å²) >= 11 is 0. The van der Waals surface area contributed by atoms with E-state index in [1.54, 1.807) is 6.26 Å². The molecular formula is C14H15N5O. The maximum absolute atomic E-state index is 4.82. The summed E-state index contributed by atoms with van der Waals surface area (Å²) in [6.07, 6.45) is 1.55. The molecule has 6 nitrogen and oxygen atoms in total. The molecule has 0 saturated heterocycles. The Labute approximate surface area is 116 Å². The standard InChI is InChI=1S/C14H15N5O/c1-2-15-14-17-12-6-4-3-5-11(12)13(18-14)16-9-10-7-8-20-19-10/h3-8H,2,9H2,1H3,(H2,15,16,17,18). The lowest BCUT2D eigenvalue weighted by Crippen LogP contribution is -2.07. The smallest absolute Gasteiger partial charge is 0.225 e. The van der Waals surface area contributed by atoms with Crippen molar-refractivity contribution in [1.29, 1.82) is 0 Å². The minimum Gasteiger partial charge on any atom is -0.364 e. The molecule has 2 heterocycles. The monoisotopic (exact) mass is 269 g/mol. The summed E-state index contributed by atoms with van der Waals surface area (Å²) in [7, 11) is 0. The van der Waals surface area contributed by atoms with Gasteiger partial charge in [0.25, 0.3) is 0 Å². The Morgan fingerprint density at radius 3 is 2.80 bits per heavy atom. The molecule has 2 N–H and O–H groups in total. The van der Waals surface area contributed by atoms with Crippen LogP contribution in [0.3, 0.4) is 0 Å². The van der Waals surface area contributed by atoms with E-state index in [9.17, 15) is 0 Å². The fourth-order valence-electron chi connectivity index (χ4n) is 1.95. The van der Waals surface area contributed by atoms with Crippen LogP contribution < -0.4 is 10.6 Å². The Kier molecular flexibility index (Phi) is 3.45. The second-order valence-corrected chi connectivity index (χ2v) is 4.29. The summed E-state index contributed by atoms with van der Waals surface area (Å²) < 4.78 is 4.82. The maximum atomic E-state index is 4.82. The minimum atomic E-state index is 0.559. The summed E-state index contributed by atoms with van der Waals surface area (Å²) in [6, 6.07) is 9.73. The average Bonchev–Trinajstić information content (AvgIpc) is 2.98. The van der Waals surface area contributed by atoms with E-state index in [-0.39, 0.29) is 0 Å². The van der Waals surface area contributed by atoms with Gasteiger partial charge in [0.2, 0.25) is 5.95 Å². The largest absolute Gasteiger partial charge is 0.364 e. The van der Waals surface area contributed by atoms with Gasteiger partial charge in [-0.05, 0) is 19.1 Å². The number of para-hydroxylation sites is 1. The first-order valence-electron chi connectivity index (χ1n) is 6.50. The van der Waals surface area contributed by atoms with E-state index in [0.717, 1.165) is 29.0 Å². The van der Waals surface area contributed by atoms with Gasteiger partial charge >= 0.3 is 0 Å². The molecule has 0 saturated carbocycles. The van der Waals surface area contributed by atoms with Crippen molar-refractivity contribution in [2.24, 2.45) is 0 Å². The van der Waals surface area contributed by atoms with Crippen molar-refractivity contribution in [3.05, 3.63) is 42.3 Å². The normalized spacial score (nSPS) is 10.7. The number of nitrogens with zero attached hydrogens (tertiary/aromatic N) is 3. The van der Waals surface area contributed by atoms with Gasteiger partial charge in [-0.1, -0.05) is 17.3 Å². The van der Waals surface area contributed by atoms with E-state index in [4.69, 9.17) is 4.52 Å². The predicted molar refractivity (Wildman–Crippen MR) is 77.5 cm³/mol. The highest BCUT2D eigenvalue weighted by Gasteiger charge is 2.07. The SMILES string of the molecule is CCNc1nc(NCc2ccon2)c2ccccc2n1. The quantitative estimate of drug-likeness (QED) is 0.741. The van der Waals surface area contributed by atoms with Crippen molar-refractivity contribution in [1.82, 2.24) is 15.1 Å². The zero-order chi connectivity index (χ0) is 13.8. The summed E-state index contributed by atoms with van der Waals surface area (Å²) in [5, 5.41) is 11.3. The molecule has 0 bridgehead atoms. The first kappa shape index (κ1) is 12.4. The van der Waals surface area contributed by atoms with Crippen LogP contribution in [0.5, 0.6) is 0 Å². The van der Waals surface area contributed by atoms with Crippen LogP contribution in [-0.4, -0.2) is 21.7 Å². The number of nitrogens with one attached hydrogen (secondary N) is 2. The van der Waals surface area contributed by atoms with Gasteiger partial charge in [0.1, 0.15) is 17.8 Å². The molecule has 2 aromatic heterocycles. The second kappa shape index (κ2) is 5.56. The number of benzene rings is 1. The van der Waals surface area contributed by atoms with Crippen molar-refractivity contribution in [3.63, 3.8) is 0 Å². The molecule has 0 aliphatic carbocycles. The summed E-state index contributed by atoms with van der Waals surface area (Å²) in [5.74, 6) is 1.41. The molecular weight excluding hydrogens is 254 g/mol. The van der Waals surface area contributed by atoms with Gasteiger partial charge in [-0.3, -0.25) is 0 Å². The molecule has 0 fully saturated rings. The van der Waals surface area contributed by atoms with Crippen molar-refractivity contribution in [2.75, 3.05) is 17.2 Å². The molecule has 20 heavy (non-hydrogen) atoms. The van der Waals surface area contributed by atoms with Crippen LogP contribution in [0.4, 0.5) is 11.8 Å². The van der Waals surface area contributed by atoms with Crippen molar-refractivity contribution < 1.29 is 4.52 Å². The first-order chi connectivity index (χ1) is 9.86. The van der Waals surface area contributed by atoms with Crippen LogP contribution in [-0.2, 0) is 6.54 Å². The van der Waals surface area contributed by atoms with E-state index in [1.807, 2.05) is 37.3 Å². The van der Waals surface area contributed by atoms with Gasteiger partial charge in [-0.25, -0.2) is 4.98 Å². The van der Waals surface area contributed by atoms with Crippen LogP contribution in [0, 0.1) is 0 Å². The van der Waals surface area contributed by atoms with Gasteiger partial charge in [-0.15, -0.1) is 0 Å². The van der Waals surface area contributed by atoms with Gasteiger partial charge in [0.05, 0.1) is 12.1 Å². The molecule has 0 spiro atoms. The molecule has 0 aliphatic heterocycles. The van der Waals surface area contributed by atoms with Crippen molar-refractivity contribution in [3.8, 4) is 0 Å². The average molecular weight is 269 g/mol. The lowest BCUT2D eigenvalue weighted by Gasteiger charge is -2.10. The number of hydrogen-bond acceptors (Lipinski definition) is 6. The van der Waals surface area contributed by atoms with Crippen LogP contribution >= 0.6 is 0 Å². The molecule has 0 aliphatic rings. The lowest BCUT2D eigenvalue weighted by atomic mass is 10.2. The van der Waals surface area contributed by atoms with Crippen LogP contribution in [0.25, 0.3) is 10.9 Å². The Balaban J connectivity index is 1.94. The molecule has 3 aromatic rings. The Morgan fingerprint density at radius 2 is 2.00 bits per heavy atom. The van der Waals surface area contributed by atoms with Gasteiger partial charge in [-0.2, -0.15) is 4.98 Å². The van der Waals surface area contributed by atoms with E-state index in [1.165, 1.54) is 0 Å². The Hall–Kier alpha value is -2.63. The number of fused-ring (bicyclic) bond motifs is 1. The summed E-state index contributed by atoms with van der Waals surface area (Å²) in [4.78, 5) is 8.97. The first-order valence-corrected chi connectivity index (χ1v) is 6.50. The zero-order valence-corrected chi connectivity index (χ0v) is 11.1. The molecule has 3 rings (SSSR count). The second-order valence-electron chi connectivity index (χ2n) is 4.29. The highest BCUT2D eigenvalue weighted by atomic mass is 16.5. The Bertz CT molecular complexity index is 696. The van der Waals surface area contributed by atoms with Gasteiger partial charge < -0.3 is 15.2 Å². The number of hydrogen-bond donors (Lipinski definition) is 2. The van der Waals surface area contributed by atoms with E-state index in [2.05, 4.69) is 25.8 Å². The molecule has 6 heteroatoms. The molecule has 0 atom stereocenters.